The minimum Gasteiger partial charge on any atom is -0.543 e. The van der Waals surface area contributed by atoms with Gasteiger partial charge in [-0.25, -0.2) is 4.79 Å². The van der Waals surface area contributed by atoms with Crippen molar-refractivity contribution >= 4 is 5.97 Å². The molecule has 0 amide bonds. The zero-order valence-electron chi connectivity index (χ0n) is 6.71. The Morgan fingerprint density at radius 2 is 1.85 bits per heavy atom. The number of carboxylic acid groups (broad SMARTS) is 1. The fraction of sp³-hybridized carbons (Fsp3) is 0. The molecular formula is C5H9N3O5. The van der Waals surface area contributed by atoms with Crippen LogP contribution in [0, 0.1) is 0 Å². The summed E-state index contributed by atoms with van der Waals surface area (Å²) in [5, 5.41) is 10.1. The van der Waals surface area contributed by atoms with Crippen LogP contribution in [-0.2, 0) is 0 Å². The van der Waals surface area contributed by atoms with Crippen molar-refractivity contribution in [2.75, 3.05) is 0 Å². The average molecular weight is 191 g/mol. The van der Waals surface area contributed by atoms with Crippen LogP contribution >= 0.6 is 0 Å². The Bertz CT molecular complexity index is 363. The average Bonchev–Trinajstić information content (AvgIpc) is 1.85. The highest BCUT2D eigenvalue weighted by Gasteiger charge is 1.95. The van der Waals surface area contributed by atoms with Gasteiger partial charge in [0.05, 0.1) is 11.7 Å². The van der Waals surface area contributed by atoms with Crippen molar-refractivity contribution in [2.45, 2.75) is 0 Å². The van der Waals surface area contributed by atoms with E-state index in [-0.39, 0.29) is 11.6 Å². The smallest absolute Gasteiger partial charge is 0.326 e. The first kappa shape index (κ1) is 13.6. The van der Waals surface area contributed by atoms with Gasteiger partial charge in [0, 0.05) is 6.07 Å². The van der Waals surface area contributed by atoms with Crippen LogP contribution in [0.25, 0.3) is 0 Å². The van der Waals surface area contributed by atoms with Crippen molar-refractivity contribution in [3.63, 3.8) is 0 Å². The van der Waals surface area contributed by atoms with E-state index in [0.717, 1.165) is 6.07 Å². The van der Waals surface area contributed by atoms with Crippen LogP contribution < -0.4 is 22.5 Å². The van der Waals surface area contributed by atoms with Gasteiger partial charge in [-0.05, 0) is 0 Å². The number of aromatic carboxylic acids is 1. The summed E-state index contributed by atoms with van der Waals surface area (Å²) in [5.41, 5.74) is -2.16. The fourth-order valence-corrected chi connectivity index (χ4v) is 0.579. The maximum absolute atomic E-state index is 10.4. The lowest BCUT2D eigenvalue weighted by Gasteiger charge is -1.97. The summed E-state index contributed by atoms with van der Waals surface area (Å²) in [6.07, 6.45) is 0. The zero-order valence-corrected chi connectivity index (χ0v) is 6.71. The molecule has 0 saturated heterocycles. The molecule has 13 heavy (non-hydrogen) atoms. The number of carbonyl (C=O) groups excluding carboxylic acids is 1. The van der Waals surface area contributed by atoms with Crippen LogP contribution in [0.4, 0.5) is 0 Å². The second-order valence-electron chi connectivity index (χ2n) is 1.79. The summed E-state index contributed by atoms with van der Waals surface area (Å²) in [7, 11) is 0. The SMILES string of the molecule is O.O=C([O-])c1cc(=O)[nH]c(=O)[nH]1.[NH4+]. The molecule has 0 aliphatic carbocycles. The molecule has 8 N–H and O–H groups in total. The normalized spacial score (nSPS) is 8.00. The molecule has 8 nitrogen and oxygen atoms in total. The molecule has 0 aliphatic rings. The van der Waals surface area contributed by atoms with Crippen LogP contribution in [0.5, 0.6) is 0 Å². The number of quaternary nitrogens is 1. The van der Waals surface area contributed by atoms with Gasteiger partial charge >= 0.3 is 5.69 Å². The Morgan fingerprint density at radius 3 is 2.23 bits per heavy atom. The maximum atomic E-state index is 10.4. The highest BCUT2D eigenvalue weighted by atomic mass is 16.4. The van der Waals surface area contributed by atoms with Gasteiger partial charge in [0.15, 0.2) is 0 Å². The Morgan fingerprint density at radius 1 is 1.31 bits per heavy atom. The molecular weight excluding hydrogens is 182 g/mol. The van der Waals surface area contributed by atoms with Crippen molar-refractivity contribution < 1.29 is 15.4 Å². The quantitative estimate of drug-likeness (QED) is 0.428. The first-order chi connectivity index (χ1) is 5.09. The second-order valence-corrected chi connectivity index (χ2v) is 1.79. The van der Waals surface area contributed by atoms with Crippen molar-refractivity contribution in [1.82, 2.24) is 16.1 Å². The third-order valence-corrected chi connectivity index (χ3v) is 0.980. The van der Waals surface area contributed by atoms with E-state index in [1.165, 1.54) is 0 Å². The number of hydrogen-bond acceptors (Lipinski definition) is 4. The highest BCUT2D eigenvalue weighted by molar-refractivity contribution is 5.82. The van der Waals surface area contributed by atoms with Gasteiger partial charge < -0.3 is 26.5 Å². The van der Waals surface area contributed by atoms with Crippen molar-refractivity contribution in [1.29, 1.82) is 0 Å². The first-order valence-electron chi connectivity index (χ1n) is 2.64. The molecule has 1 rings (SSSR count). The molecule has 0 fully saturated rings. The number of aromatic nitrogens is 2. The lowest BCUT2D eigenvalue weighted by molar-refractivity contribution is -0.255. The molecule has 0 aromatic carbocycles. The van der Waals surface area contributed by atoms with E-state index >= 15 is 0 Å². The van der Waals surface area contributed by atoms with E-state index in [2.05, 4.69) is 0 Å². The molecule has 1 heterocycles. The van der Waals surface area contributed by atoms with Crippen LogP contribution in [0.3, 0.4) is 0 Å². The maximum Gasteiger partial charge on any atom is 0.326 e. The van der Waals surface area contributed by atoms with Crippen molar-refractivity contribution in [2.24, 2.45) is 0 Å². The summed E-state index contributed by atoms with van der Waals surface area (Å²) in [4.78, 5) is 34.6. The van der Waals surface area contributed by atoms with E-state index in [1.54, 1.807) is 0 Å². The van der Waals surface area contributed by atoms with E-state index in [1.807, 2.05) is 9.97 Å². The van der Waals surface area contributed by atoms with Gasteiger partial charge in [-0.1, -0.05) is 0 Å². The highest BCUT2D eigenvalue weighted by Crippen LogP contribution is 1.78. The number of aromatic amines is 2. The minimum atomic E-state index is -1.59. The van der Waals surface area contributed by atoms with E-state index < -0.39 is 22.9 Å². The van der Waals surface area contributed by atoms with E-state index in [9.17, 15) is 19.5 Å². The topological polar surface area (TPSA) is 174 Å². The van der Waals surface area contributed by atoms with Crippen LogP contribution in [-0.4, -0.2) is 21.4 Å². The van der Waals surface area contributed by atoms with Gasteiger partial charge in [-0.3, -0.25) is 9.78 Å². The van der Waals surface area contributed by atoms with Crippen molar-refractivity contribution in [3.8, 4) is 0 Å². The van der Waals surface area contributed by atoms with E-state index in [0.29, 0.717) is 0 Å². The molecule has 1 aromatic rings. The second kappa shape index (κ2) is 4.85. The molecule has 0 bridgehead atoms. The number of carboxylic acids is 1. The molecule has 8 heteroatoms. The lowest BCUT2D eigenvalue weighted by atomic mass is 10.4. The predicted molar refractivity (Wildman–Crippen MR) is 41.6 cm³/mol. The third-order valence-electron chi connectivity index (χ3n) is 0.980. The predicted octanol–water partition coefficient (Wildman–Crippen LogP) is -3.02. The number of hydrogen-bond donors (Lipinski definition) is 3. The Kier molecular flexibility index (Phi) is 5.09. The number of carbonyl (C=O) groups is 1. The summed E-state index contributed by atoms with van der Waals surface area (Å²) in [6.45, 7) is 0. The number of nitrogens with one attached hydrogen (secondary N) is 2. The Labute approximate surface area is 71.1 Å². The van der Waals surface area contributed by atoms with Gasteiger partial charge in [-0.2, -0.15) is 0 Å². The standard InChI is InChI=1S/C5H4N2O4.H3N.H2O/c8-3-1-2(4(9)10)6-5(11)7-3;;/h1H,(H,9,10)(H2,6,7,8,11);1H3;1H2. The monoisotopic (exact) mass is 191 g/mol. The van der Waals surface area contributed by atoms with E-state index in [4.69, 9.17) is 0 Å². The minimum absolute atomic E-state index is 0. The molecule has 0 radical (unpaired) electrons. The lowest BCUT2D eigenvalue weighted by Crippen LogP contribution is -2.31. The molecule has 0 spiro atoms. The molecule has 0 saturated carbocycles. The molecule has 74 valence electrons. The summed E-state index contributed by atoms with van der Waals surface area (Å²) < 4.78 is 0. The number of rotatable bonds is 1. The largest absolute Gasteiger partial charge is 0.543 e. The first-order valence-corrected chi connectivity index (χ1v) is 2.64. The van der Waals surface area contributed by atoms with Gasteiger partial charge in [0.2, 0.25) is 0 Å². The van der Waals surface area contributed by atoms with Crippen LogP contribution in [0.15, 0.2) is 15.7 Å². The van der Waals surface area contributed by atoms with Crippen LogP contribution in [0.2, 0.25) is 0 Å². The Balaban J connectivity index is 0. The van der Waals surface area contributed by atoms with Crippen LogP contribution in [0.1, 0.15) is 10.5 Å². The third kappa shape index (κ3) is 3.31. The molecule has 0 unspecified atom stereocenters. The summed E-state index contributed by atoms with van der Waals surface area (Å²) >= 11 is 0. The Hall–Kier alpha value is -1.93. The molecule has 0 aliphatic heterocycles. The summed E-state index contributed by atoms with van der Waals surface area (Å²) in [6, 6.07) is 0.733. The van der Waals surface area contributed by atoms with Gasteiger partial charge in [-0.15, -0.1) is 0 Å². The fourth-order valence-electron chi connectivity index (χ4n) is 0.579. The molecule has 0 atom stereocenters. The molecule has 1 aromatic heterocycles. The summed E-state index contributed by atoms with van der Waals surface area (Å²) in [5.74, 6) is -1.59. The van der Waals surface area contributed by atoms with Gasteiger partial charge in [0.25, 0.3) is 5.56 Å². The van der Waals surface area contributed by atoms with Gasteiger partial charge in [0.1, 0.15) is 0 Å². The number of H-pyrrole nitrogens is 2. The zero-order chi connectivity index (χ0) is 8.43. The van der Waals surface area contributed by atoms with Crippen molar-refractivity contribution in [3.05, 3.63) is 32.6 Å².